The Kier molecular flexibility index (Phi) is 3.92. The van der Waals surface area contributed by atoms with Crippen LogP contribution in [-0.4, -0.2) is 18.2 Å². The van der Waals surface area contributed by atoms with Crippen molar-refractivity contribution in [3.8, 4) is 0 Å². The average molecular weight is 280 g/mol. The number of carboxylic acids is 1. The summed E-state index contributed by atoms with van der Waals surface area (Å²) in [5.74, 6) is -1.03. The lowest BCUT2D eigenvalue weighted by Gasteiger charge is -2.12. The Labute approximate surface area is 94.8 Å². The molecule has 0 amide bonds. The first-order chi connectivity index (χ1) is 6.56. The normalized spacial score (nSPS) is 12.5. The molecule has 14 heavy (non-hydrogen) atoms. The largest absolute Gasteiger partial charge is 0.479 e. The fraction of sp³-hybridized carbons (Fsp3) is 0.222. The maximum absolute atomic E-state index is 10.8. The molecule has 0 bridgehead atoms. The van der Waals surface area contributed by atoms with Crippen molar-refractivity contribution in [2.45, 2.75) is 6.10 Å². The van der Waals surface area contributed by atoms with Crippen LogP contribution in [0.15, 0.2) is 22.7 Å². The molecule has 1 rings (SSSR count). The fourth-order valence-electron chi connectivity index (χ4n) is 1.07. The van der Waals surface area contributed by atoms with Crippen LogP contribution in [0.25, 0.3) is 0 Å². The van der Waals surface area contributed by atoms with Gasteiger partial charge in [0.1, 0.15) is 0 Å². The molecule has 0 aromatic heterocycles. The van der Waals surface area contributed by atoms with Gasteiger partial charge in [0.2, 0.25) is 0 Å². The minimum Gasteiger partial charge on any atom is -0.479 e. The minimum atomic E-state index is -1.03. The van der Waals surface area contributed by atoms with Gasteiger partial charge in [0.15, 0.2) is 6.10 Å². The number of carbonyl (C=O) groups is 1. The molecule has 0 aliphatic heterocycles. The number of benzene rings is 1. The Bertz CT molecular complexity index is 354. The third-order valence-electron chi connectivity index (χ3n) is 1.70. The summed E-state index contributed by atoms with van der Waals surface area (Å²) in [7, 11) is 1.35. The van der Waals surface area contributed by atoms with Crippen LogP contribution in [0.5, 0.6) is 0 Å². The van der Waals surface area contributed by atoms with Crippen LogP contribution in [0, 0.1) is 0 Å². The Balaban J connectivity index is 3.10. The number of methoxy groups -OCH3 is 1. The number of rotatable bonds is 3. The Morgan fingerprint density at radius 2 is 2.29 bits per heavy atom. The Morgan fingerprint density at radius 3 is 2.71 bits per heavy atom. The van der Waals surface area contributed by atoms with E-state index in [-0.39, 0.29) is 0 Å². The number of aliphatic carboxylic acids is 1. The summed E-state index contributed by atoms with van der Waals surface area (Å²) in [6.45, 7) is 0. The molecule has 1 atom stereocenters. The number of hydrogen-bond donors (Lipinski definition) is 1. The first kappa shape index (κ1) is 11.5. The second-order valence-electron chi connectivity index (χ2n) is 2.62. The third kappa shape index (κ3) is 2.47. The van der Waals surface area contributed by atoms with Crippen molar-refractivity contribution in [1.82, 2.24) is 0 Å². The molecule has 0 saturated carbocycles. The Hall–Kier alpha value is -0.580. The second-order valence-corrected chi connectivity index (χ2v) is 3.91. The molecule has 5 heteroatoms. The molecular weight excluding hydrogens is 271 g/mol. The first-order valence-corrected chi connectivity index (χ1v) is 4.94. The summed E-state index contributed by atoms with van der Waals surface area (Å²) >= 11 is 8.96. The van der Waals surface area contributed by atoms with Gasteiger partial charge < -0.3 is 9.84 Å². The maximum Gasteiger partial charge on any atom is 0.337 e. The highest BCUT2D eigenvalue weighted by Crippen LogP contribution is 2.28. The maximum atomic E-state index is 10.8. The van der Waals surface area contributed by atoms with Gasteiger partial charge in [-0.3, -0.25) is 0 Å². The molecule has 0 heterocycles. The Morgan fingerprint density at radius 1 is 1.64 bits per heavy atom. The van der Waals surface area contributed by atoms with Crippen molar-refractivity contribution in [3.05, 3.63) is 33.3 Å². The minimum absolute atomic E-state index is 0.542. The van der Waals surface area contributed by atoms with E-state index in [1.54, 1.807) is 18.2 Å². The van der Waals surface area contributed by atoms with Crippen LogP contribution >= 0.6 is 27.5 Å². The molecule has 0 saturated heterocycles. The number of carboxylic acid groups (broad SMARTS) is 1. The molecule has 0 radical (unpaired) electrons. The van der Waals surface area contributed by atoms with Gasteiger partial charge in [0, 0.05) is 22.2 Å². The summed E-state index contributed by atoms with van der Waals surface area (Å²) in [6.07, 6.45) is -0.971. The topological polar surface area (TPSA) is 46.5 Å². The summed E-state index contributed by atoms with van der Waals surface area (Å²) < 4.78 is 5.47. The van der Waals surface area contributed by atoms with Gasteiger partial charge in [-0.15, -0.1) is 0 Å². The number of halogens is 2. The molecule has 1 N–H and O–H groups in total. The van der Waals surface area contributed by atoms with Crippen molar-refractivity contribution in [2.24, 2.45) is 0 Å². The number of hydrogen-bond acceptors (Lipinski definition) is 2. The second kappa shape index (κ2) is 4.77. The summed E-state index contributed by atoms with van der Waals surface area (Å²) in [5, 5.41) is 9.38. The highest BCUT2D eigenvalue weighted by Gasteiger charge is 2.21. The monoisotopic (exact) mass is 278 g/mol. The molecule has 0 spiro atoms. The van der Waals surface area contributed by atoms with E-state index in [0.717, 1.165) is 0 Å². The van der Waals surface area contributed by atoms with Crippen LogP contribution in [0.3, 0.4) is 0 Å². The summed E-state index contributed by atoms with van der Waals surface area (Å²) in [6, 6.07) is 4.87. The molecular formula is C9H8BrClO3. The average Bonchev–Trinajstić information content (AvgIpc) is 2.09. The lowest BCUT2D eigenvalue weighted by molar-refractivity contribution is -0.148. The van der Waals surface area contributed by atoms with Crippen LogP contribution < -0.4 is 0 Å². The van der Waals surface area contributed by atoms with Gasteiger partial charge in [-0.1, -0.05) is 33.6 Å². The number of ether oxygens (including phenoxy) is 1. The van der Waals surface area contributed by atoms with E-state index in [2.05, 4.69) is 15.9 Å². The van der Waals surface area contributed by atoms with E-state index < -0.39 is 12.1 Å². The molecule has 1 aromatic rings. The van der Waals surface area contributed by atoms with Crippen LogP contribution in [-0.2, 0) is 9.53 Å². The molecule has 3 nitrogen and oxygen atoms in total. The quantitative estimate of drug-likeness (QED) is 0.925. The van der Waals surface area contributed by atoms with E-state index in [0.29, 0.717) is 15.1 Å². The lowest BCUT2D eigenvalue weighted by Crippen LogP contribution is -2.13. The van der Waals surface area contributed by atoms with E-state index in [4.69, 9.17) is 21.4 Å². The molecule has 1 aromatic carbocycles. The smallest absolute Gasteiger partial charge is 0.337 e. The van der Waals surface area contributed by atoms with Crippen LogP contribution in [0.2, 0.25) is 5.02 Å². The lowest BCUT2D eigenvalue weighted by atomic mass is 10.1. The summed E-state index contributed by atoms with van der Waals surface area (Å²) in [5.41, 5.74) is 0.546. The molecule has 0 fully saturated rings. The van der Waals surface area contributed by atoms with Crippen molar-refractivity contribution in [2.75, 3.05) is 7.11 Å². The fourth-order valence-corrected chi connectivity index (χ4v) is 1.97. The SMILES string of the molecule is COC(C(=O)O)c1ccc(Cl)cc1Br. The van der Waals surface area contributed by atoms with Crippen LogP contribution in [0.4, 0.5) is 0 Å². The van der Waals surface area contributed by atoms with Crippen LogP contribution in [0.1, 0.15) is 11.7 Å². The zero-order valence-electron chi connectivity index (χ0n) is 7.33. The van der Waals surface area contributed by atoms with Gasteiger partial charge in [0.05, 0.1) is 0 Å². The van der Waals surface area contributed by atoms with Gasteiger partial charge in [-0.25, -0.2) is 4.79 Å². The molecule has 0 aliphatic rings. The molecule has 76 valence electrons. The first-order valence-electron chi connectivity index (χ1n) is 3.77. The van der Waals surface area contributed by atoms with Gasteiger partial charge >= 0.3 is 5.97 Å². The predicted octanol–water partition coefficient (Wildman–Crippen LogP) is 2.87. The predicted molar refractivity (Wildman–Crippen MR) is 56.5 cm³/mol. The van der Waals surface area contributed by atoms with Crippen molar-refractivity contribution in [1.29, 1.82) is 0 Å². The van der Waals surface area contributed by atoms with Gasteiger partial charge in [-0.2, -0.15) is 0 Å². The summed E-state index contributed by atoms with van der Waals surface area (Å²) in [4.78, 5) is 10.8. The van der Waals surface area contributed by atoms with E-state index in [1.807, 2.05) is 0 Å². The van der Waals surface area contributed by atoms with Crippen molar-refractivity contribution in [3.63, 3.8) is 0 Å². The molecule has 1 unspecified atom stereocenters. The van der Waals surface area contributed by atoms with Gasteiger partial charge in [0.25, 0.3) is 0 Å². The molecule has 0 aliphatic carbocycles. The zero-order chi connectivity index (χ0) is 10.7. The highest BCUT2D eigenvalue weighted by molar-refractivity contribution is 9.10. The highest BCUT2D eigenvalue weighted by atomic mass is 79.9. The van der Waals surface area contributed by atoms with E-state index >= 15 is 0 Å². The zero-order valence-corrected chi connectivity index (χ0v) is 9.67. The van der Waals surface area contributed by atoms with E-state index in [1.165, 1.54) is 7.11 Å². The van der Waals surface area contributed by atoms with Crippen molar-refractivity contribution < 1.29 is 14.6 Å². The standard InChI is InChI=1S/C9H8BrClO3/c1-14-8(9(12)13)6-3-2-5(11)4-7(6)10/h2-4,8H,1H3,(H,12,13). The van der Waals surface area contributed by atoms with E-state index in [9.17, 15) is 4.79 Å². The third-order valence-corrected chi connectivity index (χ3v) is 2.63. The van der Waals surface area contributed by atoms with Crippen molar-refractivity contribution >= 4 is 33.5 Å². The van der Waals surface area contributed by atoms with Gasteiger partial charge in [-0.05, 0) is 12.1 Å².